The van der Waals surface area contributed by atoms with Crippen molar-refractivity contribution in [2.24, 2.45) is 0 Å². The second kappa shape index (κ2) is 6.80. The first-order valence-corrected chi connectivity index (χ1v) is 7.64. The third-order valence-corrected chi connectivity index (χ3v) is 4.08. The highest BCUT2D eigenvalue weighted by molar-refractivity contribution is 7.08. The molecule has 0 saturated heterocycles. The van der Waals surface area contributed by atoms with Gasteiger partial charge in [0.05, 0.1) is 5.02 Å². The van der Waals surface area contributed by atoms with E-state index in [1.807, 2.05) is 0 Å². The zero-order valence-corrected chi connectivity index (χ0v) is 13.1. The highest BCUT2D eigenvalue weighted by Gasteiger charge is 2.20. The summed E-state index contributed by atoms with van der Waals surface area (Å²) >= 11 is 6.81. The molecule has 0 spiro atoms. The predicted octanol–water partition coefficient (Wildman–Crippen LogP) is 3.75. The van der Waals surface area contributed by atoms with Crippen LogP contribution in [-0.4, -0.2) is 20.5 Å². The normalized spacial score (nSPS) is 10.5. The molecule has 1 aromatic carbocycles. The monoisotopic (exact) mass is 349 g/mol. The van der Waals surface area contributed by atoms with Crippen molar-refractivity contribution >= 4 is 29.1 Å². The van der Waals surface area contributed by atoms with Gasteiger partial charge >= 0.3 is 5.97 Å². The third-order valence-electron chi connectivity index (χ3n) is 3.02. The fourth-order valence-corrected chi connectivity index (χ4v) is 2.69. The number of benzene rings is 1. The number of esters is 1. The molecule has 23 heavy (non-hydrogen) atoms. The second-order valence-electron chi connectivity index (χ2n) is 4.47. The molecule has 2 heterocycles. The number of pyridine rings is 1. The van der Waals surface area contributed by atoms with Crippen LogP contribution in [0.5, 0.6) is 0 Å². The quantitative estimate of drug-likeness (QED) is 0.671. The van der Waals surface area contributed by atoms with E-state index in [0.29, 0.717) is 11.3 Å². The number of carbonyl (C=O) groups excluding carboxylic acids is 1. The minimum atomic E-state index is -0.641. The summed E-state index contributed by atoms with van der Waals surface area (Å²) in [7, 11) is 0. The van der Waals surface area contributed by atoms with Gasteiger partial charge in [0.1, 0.15) is 18.1 Å². The molecule has 0 aliphatic heterocycles. The first-order valence-electron chi connectivity index (χ1n) is 6.49. The Kier molecular flexibility index (Phi) is 4.59. The molecule has 8 heteroatoms. The van der Waals surface area contributed by atoms with E-state index in [1.165, 1.54) is 18.2 Å². The summed E-state index contributed by atoms with van der Waals surface area (Å²) in [6.45, 7) is -0.269. The highest BCUT2D eigenvalue weighted by Crippen LogP contribution is 2.25. The Hall–Kier alpha value is -2.38. The van der Waals surface area contributed by atoms with Crippen molar-refractivity contribution in [1.82, 2.24) is 14.6 Å². The van der Waals surface area contributed by atoms with Gasteiger partial charge in [0.15, 0.2) is 4.88 Å². The van der Waals surface area contributed by atoms with Gasteiger partial charge in [-0.25, -0.2) is 9.18 Å². The number of nitrogens with zero attached hydrogens (tertiary/aromatic N) is 3. The zero-order chi connectivity index (χ0) is 16.2. The molecule has 0 fully saturated rings. The van der Waals surface area contributed by atoms with Crippen molar-refractivity contribution in [1.29, 1.82) is 0 Å². The van der Waals surface area contributed by atoms with Crippen LogP contribution in [0.1, 0.15) is 15.2 Å². The SMILES string of the molecule is O=C(OCc1c(F)cccc1Cl)c1snnc1-c1cccnc1. The molecule has 0 aliphatic rings. The van der Waals surface area contributed by atoms with Crippen LogP contribution in [0, 0.1) is 5.82 Å². The zero-order valence-electron chi connectivity index (χ0n) is 11.6. The number of halogens is 2. The van der Waals surface area contributed by atoms with E-state index in [4.69, 9.17) is 16.3 Å². The smallest absolute Gasteiger partial charge is 0.352 e. The standard InChI is InChI=1S/C15H9ClFN3O2S/c16-11-4-1-5-12(17)10(11)8-22-15(21)14-13(19-20-23-14)9-3-2-6-18-7-9/h1-7H,8H2. The lowest BCUT2D eigenvalue weighted by Gasteiger charge is -2.07. The van der Waals surface area contributed by atoms with Gasteiger partial charge in [-0.05, 0) is 35.8 Å². The first kappa shape index (κ1) is 15.5. The van der Waals surface area contributed by atoms with Crippen molar-refractivity contribution in [2.45, 2.75) is 6.61 Å². The Bertz CT molecular complexity index is 821. The first-order chi connectivity index (χ1) is 11.2. The van der Waals surface area contributed by atoms with Crippen molar-refractivity contribution in [3.63, 3.8) is 0 Å². The van der Waals surface area contributed by atoms with Crippen LogP contribution in [0.25, 0.3) is 11.3 Å². The van der Waals surface area contributed by atoms with Crippen LogP contribution < -0.4 is 0 Å². The molecule has 0 radical (unpaired) electrons. The second-order valence-corrected chi connectivity index (χ2v) is 5.63. The molecule has 0 aliphatic carbocycles. The molecule has 3 rings (SSSR count). The Morgan fingerprint density at radius 2 is 2.17 bits per heavy atom. The number of hydrogen-bond donors (Lipinski definition) is 0. The van der Waals surface area contributed by atoms with Crippen LogP contribution >= 0.6 is 23.1 Å². The lowest BCUT2D eigenvalue weighted by Crippen LogP contribution is -2.06. The van der Waals surface area contributed by atoms with E-state index in [-0.39, 0.29) is 22.1 Å². The molecule has 0 unspecified atom stereocenters. The summed E-state index contributed by atoms with van der Waals surface area (Å²) in [4.78, 5) is 16.4. The molecule has 5 nitrogen and oxygen atoms in total. The molecular weight excluding hydrogens is 341 g/mol. The average molecular weight is 350 g/mol. The largest absolute Gasteiger partial charge is 0.456 e. The van der Waals surface area contributed by atoms with Gasteiger partial charge in [-0.15, -0.1) is 5.10 Å². The minimum absolute atomic E-state index is 0.128. The number of rotatable bonds is 4. The third kappa shape index (κ3) is 3.35. The summed E-state index contributed by atoms with van der Waals surface area (Å²) < 4.78 is 22.6. The number of carbonyl (C=O) groups is 1. The van der Waals surface area contributed by atoms with Crippen LogP contribution in [0.2, 0.25) is 5.02 Å². The van der Waals surface area contributed by atoms with Crippen LogP contribution in [0.4, 0.5) is 4.39 Å². The molecule has 3 aromatic rings. The fourth-order valence-electron chi connectivity index (χ4n) is 1.89. The van der Waals surface area contributed by atoms with Gasteiger partial charge < -0.3 is 4.74 Å². The van der Waals surface area contributed by atoms with Crippen LogP contribution in [0.15, 0.2) is 42.7 Å². The van der Waals surface area contributed by atoms with E-state index in [0.717, 1.165) is 11.5 Å². The molecule has 0 saturated carbocycles. The van der Waals surface area contributed by atoms with E-state index < -0.39 is 11.8 Å². The maximum absolute atomic E-state index is 13.7. The Morgan fingerprint density at radius 3 is 2.91 bits per heavy atom. The molecule has 0 N–H and O–H groups in total. The van der Waals surface area contributed by atoms with Crippen molar-refractivity contribution in [3.05, 3.63) is 64.0 Å². The van der Waals surface area contributed by atoms with Gasteiger partial charge in [-0.2, -0.15) is 0 Å². The van der Waals surface area contributed by atoms with Gasteiger partial charge in [0.2, 0.25) is 0 Å². The average Bonchev–Trinajstić information content (AvgIpc) is 3.05. The Morgan fingerprint density at radius 1 is 1.30 bits per heavy atom. The van der Waals surface area contributed by atoms with Gasteiger partial charge in [-0.3, -0.25) is 4.98 Å². The topological polar surface area (TPSA) is 65.0 Å². The van der Waals surface area contributed by atoms with E-state index in [9.17, 15) is 9.18 Å². The van der Waals surface area contributed by atoms with Crippen LogP contribution in [-0.2, 0) is 11.3 Å². The van der Waals surface area contributed by atoms with Gasteiger partial charge in [0.25, 0.3) is 0 Å². The van der Waals surface area contributed by atoms with Gasteiger partial charge in [0, 0.05) is 23.5 Å². The van der Waals surface area contributed by atoms with Gasteiger partial charge in [-0.1, -0.05) is 22.2 Å². The van der Waals surface area contributed by atoms with Crippen LogP contribution in [0.3, 0.4) is 0 Å². The molecule has 2 aromatic heterocycles. The van der Waals surface area contributed by atoms with Crippen molar-refractivity contribution < 1.29 is 13.9 Å². The predicted molar refractivity (Wildman–Crippen MR) is 83.7 cm³/mol. The Labute approximate surface area is 139 Å². The summed E-state index contributed by atoms with van der Waals surface area (Å²) in [5, 5.41) is 4.13. The highest BCUT2D eigenvalue weighted by atomic mass is 35.5. The molecule has 0 atom stereocenters. The summed E-state index contributed by atoms with van der Waals surface area (Å²) in [6, 6.07) is 7.75. The molecule has 0 bridgehead atoms. The molecule has 0 amide bonds. The molecule has 116 valence electrons. The number of aromatic nitrogens is 3. The fraction of sp³-hybridized carbons (Fsp3) is 0.0667. The van der Waals surface area contributed by atoms with E-state index in [1.54, 1.807) is 24.5 Å². The maximum Gasteiger partial charge on any atom is 0.352 e. The maximum atomic E-state index is 13.7. The molecular formula is C15H9ClFN3O2S. The summed E-state index contributed by atoms with van der Waals surface area (Å²) in [5.41, 5.74) is 1.16. The number of ether oxygens (including phenoxy) is 1. The van der Waals surface area contributed by atoms with Crippen molar-refractivity contribution in [3.8, 4) is 11.3 Å². The minimum Gasteiger partial charge on any atom is -0.456 e. The number of hydrogen-bond acceptors (Lipinski definition) is 6. The lowest BCUT2D eigenvalue weighted by molar-refractivity contribution is 0.0475. The van der Waals surface area contributed by atoms with E-state index in [2.05, 4.69) is 14.6 Å². The van der Waals surface area contributed by atoms with E-state index >= 15 is 0 Å². The summed E-state index contributed by atoms with van der Waals surface area (Å²) in [5.74, 6) is -1.17. The lowest BCUT2D eigenvalue weighted by atomic mass is 10.2. The van der Waals surface area contributed by atoms with Crippen molar-refractivity contribution in [2.75, 3.05) is 0 Å². The Balaban J connectivity index is 1.79. The summed E-state index contributed by atoms with van der Waals surface area (Å²) in [6.07, 6.45) is 3.18.